The molecule has 2 aromatic carbocycles. The monoisotopic (exact) mass is 417 g/mol. The van der Waals surface area contributed by atoms with E-state index in [0.29, 0.717) is 32.0 Å². The minimum absolute atomic E-state index is 0.0270. The SMILES string of the molecule is CCN(Cc1cccc2c1OCCO2)C(=O)c1nn(-c2ccc(C)cc2)c2c1CCC2. The number of fused-ring (bicyclic) bond motifs is 2. The molecule has 5 rings (SSSR count). The van der Waals surface area contributed by atoms with Crippen LogP contribution in [0.3, 0.4) is 0 Å². The molecule has 6 heteroatoms. The Hall–Kier alpha value is -3.28. The first-order chi connectivity index (χ1) is 15.2. The third-order valence-electron chi connectivity index (χ3n) is 6.09. The van der Waals surface area contributed by atoms with Crippen LogP contribution >= 0.6 is 0 Å². The molecule has 0 N–H and O–H groups in total. The van der Waals surface area contributed by atoms with Crippen molar-refractivity contribution in [2.24, 2.45) is 0 Å². The van der Waals surface area contributed by atoms with Crippen LogP contribution in [0, 0.1) is 6.92 Å². The molecule has 2 aliphatic rings. The van der Waals surface area contributed by atoms with E-state index >= 15 is 0 Å². The molecule has 1 aliphatic carbocycles. The molecule has 1 aliphatic heterocycles. The number of benzene rings is 2. The zero-order valence-corrected chi connectivity index (χ0v) is 18.1. The molecule has 31 heavy (non-hydrogen) atoms. The summed E-state index contributed by atoms with van der Waals surface area (Å²) in [5, 5.41) is 4.80. The molecule has 1 aromatic heterocycles. The van der Waals surface area contributed by atoms with Crippen molar-refractivity contribution < 1.29 is 14.3 Å². The van der Waals surface area contributed by atoms with Crippen molar-refractivity contribution in [3.05, 3.63) is 70.5 Å². The molecule has 2 heterocycles. The lowest BCUT2D eigenvalue weighted by atomic mass is 10.1. The highest BCUT2D eigenvalue weighted by molar-refractivity contribution is 5.94. The van der Waals surface area contributed by atoms with E-state index in [0.717, 1.165) is 53.3 Å². The number of para-hydroxylation sites is 1. The Balaban J connectivity index is 1.47. The summed E-state index contributed by atoms with van der Waals surface area (Å²) in [7, 11) is 0. The summed E-state index contributed by atoms with van der Waals surface area (Å²) >= 11 is 0. The minimum atomic E-state index is -0.0270. The van der Waals surface area contributed by atoms with Crippen LogP contribution in [0.2, 0.25) is 0 Å². The molecular formula is C25H27N3O3. The molecule has 3 aromatic rings. The van der Waals surface area contributed by atoms with Crippen molar-refractivity contribution >= 4 is 5.91 Å². The number of aromatic nitrogens is 2. The molecule has 0 radical (unpaired) electrons. The van der Waals surface area contributed by atoms with E-state index in [-0.39, 0.29) is 5.91 Å². The van der Waals surface area contributed by atoms with Crippen molar-refractivity contribution in [1.82, 2.24) is 14.7 Å². The average molecular weight is 418 g/mol. The van der Waals surface area contributed by atoms with Crippen molar-refractivity contribution in [2.45, 2.75) is 39.7 Å². The molecule has 0 atom stereocenters. The predicted molar refractivity (Wildman–Crippen MR) is 118 cm³/mol. The second-order valence-electron chi connectivity index (χ2n) is 8.14. The summed E-state index contributed by atoms with van der Waals surface area (Å²) in [5.41, 5.74) is 6.02. The summed E-state index contributed by atoms with van der Waals surface area (Å²) in [6.07, 6.45) is 2.91. The van der Waals surface area contributed by atoms with Crippen LogP contribution in [0.25, 0.3) is 5.69 Å². The third kappa shape index (κ3) is 3.56. The Kier molecular flexibility index (Phi) is 5.14. The Bertz CT molecular complexity index is 1120. The zero-order chi connectivity index (χ0) is 21.4. The van der Waals surface area contributed by atoms with Crippen LogP contribution in [0.1, 0.15) is 46.2 Å². The fourth-order valence-corrected chi connectivity index (χ4v) is 4.45. The summed E-state index contributed by atoms with van der Waals surface area (Å²) in [6, 6.07) is 14.2. The molecule has 0 saturated carbocycles. The van der Waals surface area contributed by atoms with Gasteiger partial charge in [-0.25, -0.2) is 4.68 Å². The molecule has 0 spiro atoms. The summed E-state index contributed by atoms with van der Waals surface area (Å²) in [5.74, 6) is 1.47. The van der Waals surface area contributed by atoms with Crippen LogP contribution in [-0.4, -0.2) is 40.3 Å². The standard InChI is InChI=1S/C25H27N3O3/c1-3-27(16-18-6-4-9-22-24(18)31-15-14-30-22)25(29)23-20-7-5-8-21(20)28(26-23)19-12-10-17(2)11-13-19/h4,6,9-13H,3,5,7-8,14-16H2,1-2H3. The van der Waals surface area contributed by atoms with Crippen LogP contribution < -0.4 is 9.47 Å². The van der Waals surface area contributed by atoms with Gasteiger partial charge in [0.15, 0.2) is 17.2 Å². The first-order valence-electron chi connectivity index (χ1n) is 11.0. The van der Waals surface area contributed by atoms with E-state index in [2.05, 4.69) is 31.2 Å². The predicted octanol–water partition coefficient (Wildman–Crippen LogP) is 4.10. The smallest absolute Gasteiger partial charge is 0.274 e. The summed E-state index contributed by atoms with van der Waals surface area (Å²) in [4.78, 5) is 15.4. The van der Waals surface area contributed by atoms with Gasteiger partial charge in [-0.05, 0) is 51.3 Å². The number of aryl methyl sites for hydroxylation is 1. The number of amides is 1. The van der Waals surface area contributed by atoms with Gasteiger partial charge in [0.1, 0.15) is 13.2 Å². The topological polar surface area (TPSA) is 56.6 Å². The number of nitrogens with zero attached hydrogens (tertiary/aromatic N) is 3. The lowest BCUT2D eigenvalue weighted by molar-refractivity contribution is 0.0741. The van der Waals surface area contributed by atoms with E-state index in [9.17, 15) is 4.79 Å². The quantitative estimate of drug-likeness (QED) is 0.627. The second-order valence-corrected chi connectivity index (χ2v) is 8.14. The van der Waals surface area contributed by atoms with Gasteiger partial charge in [0.25, 0.3) is 5.91 Å². The second kappa shape index (κ2) is 8.10. The van der Waals surface area contributed by atoms with Crippen LogP contribution in [-0.2, 0) is 19.4 Å². The van der Waals surface area contributed by atoms with E-state index < -0.39 is 0 Å². The summed E-state index contributed by atoms with van der Waals surface area (Å²) < 4.78 is 13.5. The lowest BCUT2D eigenvalue weighted by Gasteiger charge is -2.25. The van der Waals surface area contributed by atoms with Gasteiger partial charge in [-0.2, -0.15) is 5.10 Å². The molecular weight excluding hydrogens is 390 g/mol. The molecule has 0 fully saturated rings. The van der Waals surface area contributed by atoms with Crippen molar-refractivity contribution in [3.8, 4) is 17.2 Å². The van der Waals surface area contributed by atoms with Crippen molar-refractivity contribution in [1.29, 1.82) is 0 Å². The molecule has 0 saturated heterocycles. The molecule has 0 unspecified atom stereocenters. The van der Waals surface area contributed by atoms with Gasteiger partial charge in [-0.3, -0.25) is 4.79 Å². The van der Waals surface area contributed by atoms with Gasteiger partial charge in [-0.1, -0.05) is 29.8 Å². The van der Waals surface area contributed by atoms with Crippen molar-refractivity contribution in [2.75, 3.05) is 19.8 Å². The largest absolute Gasteiger partial charge is 0.486 e. The Morgan fingerprint density at radius 3 is 2.71 bits per heavy atom. The Morgan fingerprint density at radius 2 is 1.90 bits per heavy atom. The maximum absolute atomic E-state index is 13.6. The number of hydrogen-bond acceptors (Lipinski definition) is 4. The third-order valence-corrected chi connectivity index (χ3v) is 6.09. The van der Waals surface area contributed by atoms with Gasteiger partial charge in [0, 0.05) is 29.9 Å². The van der Waals surface area contributed by atoms with Crippen LogP contribution in [0.15, 0.2) is 42.5 Å². The molecule has 1 amide bonds. The Labute approximate surface area is 182 Å². The fraction of sp³-hybridized carbons (Fsp3) is 0.360. The highest BCUT2D eigenvalue weighted by atomic mass is 16.6. The van der Waals surface area contributed by atoms with Crippen LogP contribution in [0.4, 0.5) is 0 Å². The highest BCUT2D eigenvalue weighted by Gasteiger charge is 2.30. The van der Waals surface area contributed by atoms with Crippen molar-refractivity contribution in [3.63, 3.8) is 0 Å². The first-order valence-corrected chi connectivity index (χ1v) is 11.0. The maximum atomic E-state index is 13.6. The number of rotatable bonds is 5. The molecule has 6 nitrogen and oxygen atoms in total. The van der Waals surface area contributed by atoms with Gasteiger partial charge < -0.3 is 14.4 Å². The van der Waals surface area contributed by atoms with E-state index in [1.165, 1.54) is 5.56 Å². The normalized spacial score (nSPS) is 14.4. The minimum Gasteiger partial charge on any atom is -0.486 e. The zero-order valence-electron chi connectivity index (χ0n) is 18.1. The van der Waals surface area contributed by atoms with E-state index in [1.807, 2.05) is 34.7 Å². The number of ether oxygens (including phenoxy) is 2. The summed E-state index contributed by atoms with van der Waals surface area (Å²) in [6.45, 7) is 6.21. The molecule has 160 valence electrons. The number of carbonyl (C=O) groups is 1. The molecule has 0 bridgehead atoms. The van der Waals surface area contributed by atoms with E-state index in [4.69, 9.17) is 14.6 Å². The average Bonchev–Trinajstić information content (AvgIpc) is 3.41. The highest BCUT2D eigenvalue weighted by Crippen LogP contribution is 2.35. The van der Waals surface area contributed by atoms with Gasteiger partial charge in [0.2, 0.25) is 0 Å². The number of hydrogen-bond donors (Lipinski definition) is 0. The lowest BCUT2D eigenvalue weighted by Crippen LogP contribution is -2.32. The first kappa shape index (κ1) is 19.7. The van der Waals surface area contributed by atoms with Gasteiger partial charge in [0.05, 0.1) is 5.69 Å². The maximum Gasteiger partial charge on any atom is 0.274 e. The Morgan fingerprint density at radius 1 is 1.10 bits per heavy atom. The van der Waals surface area contributed by atoms with Gasteiger partial charge in [-0.15, -0.1) is 0 Å². The van der Waals surface area contributed by atoms with Crippen LogP contribution in [0.5, 0.6) is 11.5 Å². The van der Waals surface area contributed by atoms with Gasteiger partial charge >= 0.3 is 0 Å². The fourth-order valence-electron chi connectivity index (χ4n) is 4.45. The van der Waals surface area contributed by atoms with E-state index in [1.54, 1.807) is 0 Å². The number of carbonyl (C=O) groups excluding carboxylic acids is 1.